The molecule has 0 aromatic heterocycles. The fourth-order valence-electron chi connectivity index (χ4n) is 3.21. The summed E-state index contributed by atoms with van der Waals surface area (Å²) in [5.74, 6) is 0. The molecule has 0 unspecified atom stereocenters. The Morgan fingerprint density at radius 3 is 2.55 bits per heavy atom. The molecule has 1 N–H and O–H groups in total. The Bertz CT molecular complexity index is 400. The summed E-state index contributed by atoms with van der Waals surface area (Å²) in [5.41, 5.74) is 2.65. The normalized spacial score (nSPS) is 23.2. The first kappa shape index (κ1) is 15.5. The number of hydrogen-bond donors (Lipinski definition) is 1. The quantitative estimate of drug-likeness (QED) is 0.864. The van der Waals surface area contributed by atoms with E-state index in [9.17, 15) is 0 Å². The smallest absolute Gasteiger partial charge is 0.0713 e. The molecule has 20 heavy (non-hydrogen) atoms. The predicted octanol–water partition coefficient (Wildman–Crippen LogP) is 2.80. The molecule has 112 valence electrons. The Morgan fingerprint density at radius 1 is 1.20 bits per heavy atom. The van der Waals surface area contributed by atoms with E-state index in [0.717, 1.165) is 18.6 Å². The van der Waals surface area contributed by atoms with Gasteiger partial charge in [-0.3, -0.25) is 4.90 Å². The van der Waals surface area contributed by atoms with Crippen LogP contribution in [0.3, 0.4) is 0 Å². The Hall–Kier alpha value is -0.900. The maximum Gasteiger partial charge on any atom is 0.0713 e. The summed E-state index contributed by atoms with van der Waals surface area (Å²) in [6, 6.07) is 10.2. The number of nitrogens with one attached hydrogen (secondary N) is 1. The molecule has 0 aliphatic heterocycles. The van der Waals surface area contributed by atoms with Crippen LogP contribution < -0.4 is 5.32 Å². The molecule has 1 aliphatic rings. The van der Waals surface area contributed by atoms with Gasteiger partial charge in [0.1, 0.15) is 0 Å². The van der Waals surface area contributed by atoms with Crippen LogP contribution in [0.15, 0.2) is 24.3 Å². The zero-order valence-corrected chi connectivity index (χ0v) is 13.1. The van der Waals surface area contributed by atoms with Gasteiger partial charge in [-0.1, -0.05) is 24.3 Å². The van der Waals surface area contributed by atoms with Crippen molar-refractivity contribution >= 4 is 0 Å². The van der Waals surface area contributed by atoms with E-state index in [1.807, 2.05) is 0 Å². The second-order valence-electron chi connectivity index (χ2n) is 5.96. The summed E-state index contributed by atoms with van der Waals surface area (Å²) >= 11 is 0. The van der Waals surface area contributed by atoms with Crippen molar-refractivity contribution in [1.29, 1.82) is 0 Å². The number of benzene rings is 1. The van der Waals surface area contributed by atoms with E-state index in [2.05, 4.69) is 48.6 Å². The van der Waals surface area contributed by atoms with Crippen molar-refractivity contribution in [3.63, 3.8) is 0 Å². The summed E-state index contributed by atoms with van der Waals surface area (Å²) in [7, 11) is 6.09. The lowest BCUT2D eigenvalue weighted by molar-refractivity contribution is 0.169. The standard InChI is InChI=1S/C17H28N2O/c1-18-16-7-9-17(10-8-16)19(2)12-14-5-4-6-15(11-14)13-20-3/h4-6,11,16-18H,7-10,12-13H2,1-3H3. The van der Waals surface area contributed by atoms with Crippen LogP contribution in [0.25, 0.3) is 0 Å². The van der Waals surface area contributed by atoms with Crippen LogP contribution in [0.1, 0.15) is 36.8 Å². The molecule has 2 rings (SSSR count). The fraction of sp³-hybridized carbons (Fsp3) is 0.647. The monoisotopic (exact) mass is 276 g/mol. The molecule has 0 spiro atoms. The first-order chi connectivity index (χ1) is 9.72. The minimum absolute atomic E-state index is 0.699. The van der Waals surface area contributed by atoms with Crippen molar-refractivity contribution in [3.05, 3.63) is 35.4 Å². The molecule has 0 heterocycles. The van der Waals surface area contributed by atoms with Gasteiger partial charge in [0.15, 0.2) is 0 Å². The third kappa shape index (κ3) is 4.30. The van der Waals surface area contributed by atoms with E-state index in [0.29, 0.717) is 6.61 Å². The van der Waals surface area contributed by atoms with Gasteiger partial charge >= 0.3 is 0 Å². The van der Waals surface area contributed by atoms with Crippen LogP contribution in [0.4, 0.5) is 0 Å². The minimum atomic E-state index is 0.699. The summed E-state index contributed by atoms with van der Waals surface area (Å²) in [5, 5.41) is 3.40. The molecule has 0 radical (unpaired) electrons. The molecule has 1 saturated carbocycles. The molecule has 1 aromatic carbocycles. The van der Waals surface area contributed by atoms with Crippen LogP contribution in [-0.2, 0) is 17.9 Å². The van der Waals surface area contributed by atoms with E-state index >= 15 is 0 Å². The van der Waals surface area contributed by atoms with Gasteiger partial charge in [0.25, 0.3) is 0 Å². The predicted molar refractivity (Wildman–Crippen MR) is 83.7 cm³/mol. The molecule has 1 aliphatic carbocycles. The highest BCUT2D eigenvalue weighted by atomic mass is 16.5. The molecule has 1 aromatic rings. The summed E-state index contributed by atoms with van der Waals surface area (Å²) in [6.45, 7) is 1.73. The summed E-state index contributed by atoms with van der Waals surface area (Å²) in [4.78, 5) is 2.51. The van der Waals surface area contributed by atoms with E-state index in [1.165, 1.54) is 36.8 Å². The highest BCUT2D eigenvalue weighted by molar-refractivity contribution is 5.23. The van der Waals surface area contributed by atoms with Crippen LogP contribution in [-0.4, -0.2) is 38.2 Å². The largest absolute Gasteiger partial charge is 0.380 e. The SMILES string of the molecule is CNC1CCC(N(C)Cc2cccc(COC)c2)CC1. The van der Waals surface area contributed by atoms with E-state index in [-0.39, 0.29) is 0 Å². The number of ether oxygens (including phenoxy) is 1. The molecule has 3 nitrogen and oxygen atoms in total. The zero-order chi connectivity index (χ0) is 14.4. The van der Waals surface area contributed by atoms with Crippen molar-refractivity contribution in [2.24, 2.45) is 0 Å². The Balaban J connectivity index is 1.87. The fourth-order valence-corrected chi connectivity index (χ4v) is 3.21. The van der Waals surface area contributed by atoms with Gasteiger partial charge in [0.05, 0.1) is 6.61 Å². The Morgan fingerprint density at radius 2 is 1.90 bits per heavy atom. The average Bonchev–Trinajstić information content (AvgIpc) is 2.48. The zero-order valence-electron chi connectivity index (χ0n) is 13.1. The van der Waals surface area contributed by atoms with E-state index in [1.54, 1.807) is 7.11 Å². The van der Waals surface area contributed by atoms with Gasteiger partial charge in [-0.05, 0) is 50.9 Å². The summed E-state index contributed by atoms with van der Waals surface area (Å²) < 4.78 is 5.21. The van der Waals surface area contributed by atoms with E-state index < -0.39 is 0 Å². The number of methoxy groups -OCH3 is 1. The van der Waals surface area contributed by atoms with Gasteiger partial charge in [0, 0.05) is 25.7 Å². The molecule has 0 amide bonds. The molecule has 0 atom stereocenters. The van der Waals surface area contributed by atoms with Crippen molar-refractivity contribution in [2.75, 3.05) is 21.2 Å². The third-order valence-corrected chi connectivity index (χ3v) is 4.46. The summed E-state index contributed by atoms with van der Waals surface area (Å²) in [6.07, 6.45) is 5.21. The Labute approximate surface area is 123 Å². The first-order valence-electron chi connectivity index (χ1n) is 7.67. The highest BCUT2D eigenvalue weighted by Gasteiger charge is 2.22. The van der Waals surface area contributed by atoms with Gasteiger partial charge in [0.2, 0.25) is 0 Å². The molecule has 1 fully saturated rings. The maximum absolute atomic E-state index is 5.21. The molecule has 0 saturated heterocycles. The number of nitrogens with zero attached hydrogens (tertiary/aromatic N) is 1. The maximum atomic E-state index is 5.21. The van der Waals surface area contributed by atoms with Crippen molar-refractivity contribution in [1.82, 2.24) is 10.2 Å². The van der Waals surface area contributed by atoms with Gasteiger partial charge < -0.3 is 10.1 Å². The molecule has 3 heteroatoms. The van der Waals surface area contributed by atoms with Crippen LogP contribution in [0.2, 0.25) is 0 Å². The van der Waals surface area contributed by atoms with Gasteiger partial charge in [-0.25, -0.2) is 0 Å². The van der Waals surface area contributed by atoms with Gasteiger partial charge in [-0.2, -0.15) is 0 Å². The minimum Gasteiger partial charge on any atom is -0.380 e. The van der Waals surface area contributed by atoms with Crippen molar-refractivity contribution in [3.8, 4) is 0 Å². The second kappa shape index (κ2) is 7.77. The lowest BCUT2D eigenvalue weighted by atomic mass is 9.90. The van der Waals surface area contributed by atoms with Crippen LogP contribution in [0.5, 0.6) is 0 Å². The topological polar surface area (TPSA) is 24.5 Å². The second-order valence-corrected chi connectivity index (χ2v) is 5.96. The first-order valence-corrected chi connectivity index (χ1v) is 7.67. The number of hydrogen-bond acceptors (Lipinski definition) is 3. The average molecular weight is 276 g/mol. The van der Waals surface area contributed by atoms with Gasteiger partial charge in [-0.15, -0.1) is 0 Å². The van der Waals surface area contributed by atoms with Crippen molar-refractivity contribution < 1.29 is 4.74 Å². The molecule has 0 bridgehead atoms. The highest BCUT2D eigenvalue weighted by Crippen LogP contribution is 2.23. The van der Waals surface area contributed by atoms with Crippen LogP contribution >= 0.6 is 0 Å². The molecular weight excluding hydrogens is 248 g/mol. The van der Waals surface area contributed by atoms with Crippen molar-refractivity contribution in [2.45, 2.75) is 50.9 Å². The lowest BCUT2D eigenvalue weighted by Gasteiger charge is -2.34. The molecular formula is C17H28N2O. The third-order valence-electron chi connectivity index (χ3n) is 4.46. The van der Waals surface area contributed by atoms with Crippen LogP contribution in [0, 0.1) is 0 Å². The number of rotatable bonds is 6. The van der Waals surface area contributed by atoms with E-state index in [4.69, 9.17) is 4.74 Å². The Kier molecular flexibility index (Phi) is 6.02. The lowest BCUT2D eigenvalue weighted by Crippen LogP contribution is -2.39.